The summed E-state index contributed by atoms with van der Waals surface area (Å²) >= 11 is 0. The van der Waals surface area contributed by atoms with Crippen LogP contribution in [0.1, 0.15) is 12.8 Å². The van der Waals surface area contributed by atoms with E-state index in [1.165, 1.54) is 0 Å². The third-order valence-corrected chi connectivity index (χ3v) is 3.21. The first-order valence-corrected chi connectivity index (χ1v) is 6.01. The van der Waals surface area contributed by atoms with Crippen molar-refractivity contribution in [3.8, 4) is 0 Å². The molecule has 0 aromatic heterocycles. The van der Waals surface area contributed by atoms with Gasteiger partial charge in [0.25, 0.3) is 6.43 Å². The van der Waals surface area contributed by atoms with Gasteiger partial charge in [-0.05, 0) is 12.8 Å². The fourth-order valence-electron chi connectivity index (χ4n) is 2.31. The lowest BCUT2D eigenvalue weighted by molar-refractivity contribution is -0.0327. The largest absolute Gasteiger partial charge is 0.395 e. The van der Waals surface area contributed by atoms with Gasteiger partial charge in [-0.1, -0.05) is 0 Å². The molecule has 1 atom stereocenters. The van der Waals surface area contributed by atoms with Crippen LogP contribution < -0.4 is 5.73 Å². The lowest BCUT2D eigenvalue weighted by atomic mass is 9.82. The van der Waals surface area contributed by atoms with Gasteiger partial charge in [0.05, 0.1) is 19.8 Å². The number of aliphatic hydroxyl groups is 1. The molecule has 0 aliphatic carbocycles. The molecule has 102 valence electrons. The van der Waals surface area contributed by atoms with Gasteiger partial charge < -0.3 is 15.6 Å². The Balaban J connectivity index is 2.55. The molecule has 0 aromatic rings. The molecule has 0 bridgehead atoms. The second-order valence-corrected chi connectivity index (χ2v) is 4.71. The minimum Gasteiger partial charge on any atom is -0.395 e. The zero-order chi connectivity index (χ0) is 12.7. The van der Waals surface area contributed by atoms with Crippen molar-refractivity contribution in [2.24, 2.45) is 11.1 Å². The van der Waals surface area contributed by atoms with E-state index < -0.39 is 6.43 Å². The normalized spacial score (nSPS) is 25.8. The van der Waals surface area contributed by atoms with Crippen LogP contribution in [-0.2, 0) is 4.74 Å². The van der Waals surface area contributed by atoms with Crippen LogP contribution in [0.2, 0.25) is 0 Å². The fraction of sp³-hybridized carbons (Fsp3) is 1.00. The van der Waals surface area contributed by atoms with Gasteiger partial charge in [-0.25, -0.2) is 8.78 Å². The maximum atomic E-state index is 12.4. The van der Waals surface area contributed by atoms with E-state index in [0.29, 0.717) is 19.7 Å². The molecular formula is C11H22F2N2O2. The van der Waals surface area contributed by atoms with Gasteiger partial charge in [-0.2, -0.15) is 0 Å². The van der Waals surface area contributed by atoms with E-state index >= 15 is 0 Å². The van der Waals surface area contributed by atoms with Gasteiger partial charge >= 0.3 is 0 Å². The fourth-order valence-corrected chi connectivity index (χ4v) is 2.31. The number of halogens is 2. The Morgan fingerprint density at radius 2 is 2.24 bits per heavy atom. The maximum Gasteiger partial charge on any atom is 0.251 e. The second kappa shape index (κ2) is 7.20. The minimum atomic E-state index is -2.39. The highest BCUT2D eigenvalue weighted by atomic mass is 19.3. The summed E-state index contributed by atoms with van der Waals surface area (Å²) in [4.78, 5) is 1.58. The van der Waals surface area contributed by atoms with Gasteiger partial charge in [0.2, 0.25) is 0 Å². The smallest absolute Gasteiger partial charge is 0.251 e. The van der Waals surface area contributed by atoms with Gasteiger partial charge in [0.1, 0.15) is 0 Å². The molecule has 0 aromatic carbocycles. The summed E-state index contributed by atoms with van der Waals surface area (Å²) in [5.41, 5.74) is 5.52. The molecule has 17 heavy (non-hydrogen) atoms. The lowest BCUT2D eigenvalue weighted by Crippen LogP contribution is -2.49. The van der Waals surface area contributed by atoms with Gasteiger partial charge in [0, 0.05) is 31.7 Å². The minimum absolute atomic E-state index is 0.117. The number of ether oxygens (including phenoxy) is 1. The molecule has 1 fully saturated rings. The van der Waals surface area contributed by atoms with Crippen molar-refractivity contribution in [2.75, 3.05) is 46.0 Å². The number of nitrogens with zero attached hydrogens (tertiary/aromatic N) is 1. The maximum absolute atomic E-state index is 12.4. The molecule has 0 amide bonds. The molecule has 0 spiro atoms. The molecule has 6 heteroatoms. The first-order valence-electron chi connectivity index (χ1n) is 6.01. The number of hydrogen-bond acceptors (Lipinski definition) is 4. The van der Waals surface area contributed by atoms with Crippen LogP contribution in [0, 0.1) is 5.41 Å². The summed E-state index contributed by atoms with van der Waals surface area (Å²) in [5.74, 6) is 0. The Labute approximate surface area is 101 Å². The predicted octanol–water partition coefficient (Wildman–Crippen LogP) is 0.301. The number of aliphatic hydroxyl groups excluding tert-OH is 1. The molecule has 0 radical (unpaired) electrons. The molecule has 1 aliphatic rings. The third-order valence-electron chi connectivity index (χ3n) is 3.21. The van der Waals surface area contributed by atoms with E-state index in [-0.39, 0.29) is 25.1 Å². The van der Waals surface area contributed by atoms with Crippen molar-refractivity contribution in [2.45, 2.75) is 19.3 Å². The summed E-state index contributed by atoms with van der Waals surface area (Å²) < 4.78 is 30.2. The summed E-state index contributed by atoms with van der Waals surface area (Å²) in [7, 11) is 0. The Morgan fingerprint density at radius 1 is 1.47 bits per heavy atom. The molecule has 4 nitrogen and oxygen atoms in total. The van der Waals surface area contributed by atoms with Crippen molar-refractivity contribution in [1.29, 1.82) is 0 Å². The van der Waals surface area contributed by atoms with Crippen LogP contribution in [0.3, 0.4) is 0 Å². The number of rotatable bonds is 7. The van der Waals surface area contributed by atoms with Crippen LogP contribution in [0.25, 0.3) is 0 Å². The average Bonchev–Trinajstić information content (AvgIpc) is 2.29. The van der Waals surface area contributed by atoms with E-state index in [1.807, 2.05) is 0 Å². The van der Waals surface area contributed by atoms with E-state index in [4.69, 9.17) is 15.6 Å². The quantitative estimate of drug-likeness (QED) is 0.684. The van der Waals surface area contributed by atoms with Crippen LogP contribution in [0.15, 0.2) is 0 Å². The summed E-state index contributed by atoms with van der Waals surface area (Å²) in [6, 6.07) is 0. The molecule has 1 saturated heterocycles. The predicted molar refractivity (Wildman–Crippen MR) is 61.1 cm³/mol. The molecule has 3 N–H and O–H groups in total. The Morgan fingerprint density at radius 3 is 2.71 bits per heavy atom. The third kappa shape index (κ3) is 4.83. The molecule has 1 rings (SSSR count). The summed E-state index contributed by atoms with van der Waals surface area (Å²) in [5, 5.41) is 8.89. The highest BCUT2D eigenvalue weighted by Gasteiger charge is 2.34. The number of hydrogen-bond donors (Lipinski definition) is 2. The van der Waals surface area contributed by atoms with Gasteiger partial charge in [-0.3, -0.25) is 4.90 Å². The summed E-state index contributed by atoms with van der Waals surface area (Å²) in [6.45, 7) is 1.96. The molecular weight excluding hydrogens is 230 g/mol. The van der Waals surface area contributed by atoms with Gasteiger partial charge in [0.15, 0.2) is 0 Å². The SMILES string of the molecule is NCC1(CN(CCO)CC(F)F)CCCOC1. The Kier molecular flexibility index (Phi) is 6.26. The van der Waals surface area contributed by atoms with Crippen LogP contribution in [0.4, 0.5) is 8.78 Å². The second-order valence-electron chi connectivity index (χ2n) is 4.71. The standard InChI is InChI=1S/C11H22F2N2O2/c12-10(13)6-15(3-4-16)8-11(7-14)2-1-5-17-9-11/h10,16H,1-9,14H2. The average molecular weight is 252 g/mol. The van der Waals surface area contributed by atoms with Crippen molar-refractivity contribution >= 4 is 0 Å². The van der Waals surface area contributed by atoms with Crippen LogP contribution in [-0.4, -0.2) is 62.4 Å². The van der Waals surface area contributed by atoms with Crippen molar-refractivity contribution in [3.05, 3.63) is 0 Å². The first-order chi connectivity index (χ1) is 8.12. The molecule has 1 aliphatic heterocycles. The van der Waals surface area contributed by atoms with Crippen LogP contribution in [0.5, 0.6) is 0 Å². The van der Waals surface area contributed by atoms with Crippen molar-refractivity contribution in [1.82, 2.24) is 4.90 Å². The van der Waals surface area contributed by atoms with E-state index in [9.17, 15) is 8.78 Å². The highest BCUT2D eigenvalue weighted by molar-refractivity contribution is 4.86. The zero-order valence-electron chi connectivity index (χ0n) is 10.1. The van der Waals surface area contributed by atoms with E-state index in [2.05, 4.69) is 0 Å². The highest BCUT2D eigenvalue weighted by Crippen LogP contribution is 2.28. The lowest BCUT2D eigenvalue weighted by Gasteiger charge is -2.39. The molecule has 1 unspecified atom stereocenters. The zero-order valence-corrected chi connectivity index (χ0v) is 10.1. The molecule has 0 saturated carbocycles. The Hall–Kier alpha value is -0.300. The van der Waals surface area contributed by atoms with Gasteiger partial charge in [-0.15, -0.1) is 0 Å². The van der Waals surface area contributed by atoms with E-state index in [0.717, 1.165) is 19.4 Å². The number of alkyl halides is 2. The topological polar surface area (TPSA) is 58.7 Å². The monoisotopic (exact) mass is 252 g/mol. The Bertz CT molecular complexity index is 212. The summed E-state index contributed by atoms with van der Waals surface area (Å²) in [6.07, 6.45) is -0.575. The van der Waals surface area contributed by atoms with Crippen molar-refractivity contribution in [3.63, 3.8) is 0 Å². The first kappa shape index (κ1) is 14.8. The van der Waals surface area contributed by atoms with E-state index in [1.54, 1.807) is 4.90 Å². The van der Waals surface area contributed by atoms with Crippen molar-refractivity contribution < 1.29 is 18.6 Å². The van der Waals surface area contributed by atoms with Crippen LogP contribution >= 0.6 is 0 Å². The number of nitrogens with two attached hydrogens (primary N) is 1. The molecule has 1 heterocycles.